The molecule has 63 heavy (non-hydrogen) atoms. The van der Waals surface area contributed by atoms with Crippen molar-refractivity contribution in [2.24, 2.45) is 0 Å². The summed E-state index contributed by atoms with van der Waals surface area (Å²) in [7, 11) is 0. The maximum atomic E-state index is 11.2. The molecule has 2 heterocycles. The van der Waals surface area contributed by atoms with E-state index in [2.05, 4.69) is 187 Å². The summed E-state index contributed by atoms with van der Waals surface area (Å²) in [6, 6.07) is 42.8. The largest absolute Gasteiger partial charge is 0.507 e. The van der Waals surface area contributed by atoms with Gasteiger partial charge in [-0.05, 0) is 114 Å². The molecule has 326 valence electrons. The van der Waals surface area contributed by atoms with Gasteiger partial charge in [0, 0.05) is 32.8 Å². The van der Waals surface area contributed by atoms with E-state index < -0.39 is 0 Å². The van der Waals surface area contributed by atoms with Gasteiger partial charge in [-0.25, -0.2) is 4.98 Å². The van der Waals surface area contributed by atoms with Crippen LogP contribution in [0, 0.1) is 6.07 Å². The van der Waals surface area contributed by atoms with Gasteiger partial charge in [0.2, 0.25) is 5.89 Å². The molecule has 0 amide bonds. The van der Waals surface area contributed by atoms with Crippen molar-refractivity contribution >= 4 is 22.0 Å². The maximum absolute atomic E-state index is 11.2. The Balaban J connectivity index is 0.00000595. The molecule has 0 fully saturated rings. The van der Waals surface area contributed by atoms with Crippen molar-refractivity contribution in [1.29, 1.82) is 0 Å². The van der Waals surface area contributed by atoms with Gasteiger partial charge < -0.3 is 9.52 Å². The van der Waals surface area contributed by atoms with Crippen LogP contribution in [0.25, 0.3) is 78.0 Å². The van der Waals surface area contributed by atoms with Gasteiger partial charge in [-0.1, -0.05) is 162 Å². The van der Waals surface area contributed by atoms with Crippen molar-refractivity contribution in [2.75, 3.05) is 0 Å². The minimum Gasteiger partial charge on any atom is -0.507 e. The van der Waals surface area contributed by atoms with E-state index >= 15 is 0 Å². The molecule has 2 aromatic heterocycles. The fourth-order valence-electron chi connectivity index (χ4n) is 8.78. The monoisotopic (exact) mass is 1010 g/mol. The summed E-state index contributed by atoms with van der Waals surface area (Å²) in [6.45, 7) is 29.2. The van der Waals surface area contributed by atoms with Crippen molar-refractivity contribution in [2.45, 2.75) is 118 Å². The van der Waals surface area contributed by atoms with E-state index in [9.17, 15) is 5.11 Å². The summed E-state index contributed by atoms with van der Waals surface area (Å²) >= 11 is 0. The van der Waals surface area contributed by atoms with Crippen LogP contribution in [0.15, 0.2) is 120 Å². The molecule has 4 nitrogen and oxygen atoms in total. The molecular weight excluding hydrogens is 952 g/mol. The van der Waals surface area contributed by atoms with E-state index in [1.54, 1.807) is 6.07 Å². The Morgan fingerprint density at radius 2 is 1.13 bits per heavy atom. The first-order valence-corrected chi connectivity index (χ1v) is 22.2. The quantitative estimate of drug-likeness (QED) is 0.162. The number of oxazole rings is 1. The molecule has 0 bridgehead atoms. The Labute approximate surface area is 389 Å². The second-order valence-electron chi connectivity index (χ2n) is 20.8. The van der Waals surface area contributed by atoms with Gasteiger partial charge in [0.05, 0.1) is 11.1 Å². The van der Waals surface area contributed by atoms with Crippen molar-refractivity contribution < 1.29 is 30.6 Å². The summed E-state index contributed by atoms with van der Waals surface area (Å²) in [5, 5.41) is 12.3. The predicted molar refractivity (Wildman–Crippen MR) is 261 cm³/mol. The number of rotatable bonds is 7. The fourth-order valence-corrected chi connectivity index (χ4v) is 8.78. The predicted octanol–water partition coefficient (Wildman–Crippen LogP) is 16.4. The van der Waals surface area contributed by atoms with Gasteiger partial charge in [-0.15, -0.1) is 35.4 Å². The molecule has 0 aliphatic carbocycles. The summed E-state index contributed by atoms with van der Waals surface area (Å²) < 4.78 is 6.65. The van der Waals surface area contributed by atoms with Crippen LogP contribution in [0.3, 0.4) is 0 Å². The number of aromatic nitrogens is 2. The maximum Gasteiger partial charge on any atom is 0.230 e. The number of hydrogen-bond acceptors (Lipinski definition) is 4. The van der Waals surface area contributed by atoms with Crippen molar-refractivity contribution in [3.63, 3.8) is 0 Å². The Bertz CT molecular complexity index is 2940. The van der Waals surface area contributed by atoms with E-state index in [0.29, 0.717) is 34.4 Å². The number of fused-ring (bicyclic) bond motifs is 2. The average Bonchev–Trinajstić information content (AvgIpc) is 3.65. The van der Waals surface area contributed by atoms with Crippen LogP contribution >= 0.6 is 0 Å². The molecule has 0 unspecified atom stereocenters. The molecule has 6 aromatic carbocycles. The Hall–Kier alpha value is -5.31. The second kappa shape index (κ2) is 17.0. The molecule has 0 saturated heterocycles. The number of nitrogens with zero attached hydrogens (tertiary/aromatic N) is 2. The van der Waals surface area contributed by atoms with E-state index in [1.807, 2.05) is 18.3 Å². The normalized spacial score (nSPS) is 12.4. The summed E-state index contributed by atoms with van der Waals surface area (Å²) in [5.74, 6) is 1.20. The van der Waals surface area contributed by atoms with Crippen LogP contribution in [0.1, 0.15) is 130 Å². The number of pyridine rings is 1. The Morgan fingerprint density at radius 3 is 1.71 bits per heavy atom. The fraction of sp³-hybridized carbons (Fsp3) is 0.310. The first-order valence-electron chi connectivity index (χ1n) is 22.2. The van der Waals surface area contributed by atoms with Crippen LogP contribution in [0.5, 0.6) is 5.75 Å². The van der Waals surface area contributed by atoms with E-state index in [0.717, 1.165) is 49.8 Å². The molecule has 0 radical (unpaired) electrons. The van der Waals surface area contributed by atoms with E-state index in [4.69, 9.17) is 14.4 Å². The average molecular weight is 1010 g/mol. The molecule has 0 spiro atoms. The van der Waals surface area contributed by atoms with Crippen molar-refractivity contribution in [1.82, 2.24) is 9.97 Å². The molecular formula is C58H61N2O2Pt-. The molecule has 0 saturated carbocycles. The zero-order valence-electron chi connectivity index (χ0n) is 39.2. The number of phenols is 1. The first-order chi connectivity index (χ1) is 29.2. The molecule has 5 heteroatoms. The van der Waals surface area contributed by atoms with E-state index in [1.165, 1.54) is 33.4 Å². The molecule has 0 aliphatic rings. The third-order valence-electron chi connectivity index (χ3n) is 12.4. The van der Waals surface area contributed by atoms with Crippen molar-refractivity contribution in [3.05, 3.63) is 149 Å². The van der Waals surface area contributed by atoms with Gasteiger partial charge >= 0.3 is 0 Å². The van der Waals surface area contributed by atoms with Gasteiger partial charge in [0.1, 0.15) is 11.3 Å². The zero-order valence-corrected chi connectivity index (χ0v) is 41.5. The number of hydrogen-bond donors (Lipinski definition) is 1. The third-order valence-corrected chi connectivity index (χ3v) is 12.4. The third kappa shape index (κ3) is 8.94. The van der Waals surface area contributed by atoms with Crippen LogP contribution in [0.2, 0.25) is 0 Å². The van der Waals surface area contributed by atoms with Gasteiger partial charge in [-0.3, -0.25) is 4.98 Å². The summed E-state index contributed by atoms with van der Waals surface area (Å²) in [4.78, 5) is 10.3. The smallest absolute Gasteiger partial charge is 0.230 e. The van der Waals surface area contributed by atoms with Gasteiger partial charge in [-0.2, -0.15) is 0 Å². The van der Waals surface area contributed by atoms with Crippen LogP contribution in [-0.2, 0) is 37.3 Å². The van der Waals surface area contributed by atoms with Crippen LogP contribution in [0.4, 0.5) is 0 Å². The summed E-state index contributed by atoms with van der Waals surface area (Å²) in [5.41, 5.74) is 17.4. The van der Waals surface area contributed by atoms with Crippen LogP contribution in [-0.4, -0.2) is 15.1 Å². The second-order valence-corrected chi connectivity index (χ2v) is 20.8. The molecule has 8 rings (SSSR count). The molecule has 8 aromatic rings. The van der Waals surface area contributed by atoms with Gasteiger partial charge in [0.25, 0.3) is 0 Å². The first kappa shape index (κ1) is 45.7. The molecule has 0 atom stereocenters. The van der Waals surface area contributed by atoms with Crippen molar-refractivity contribution in [3.8, 4) is 61.7 Å². The summed E-state index contributed by atoms with van der Waals surface area (Å²) in [6.07, 6.45) is 1.95. The molecule has 1 N–H and O–H groups in total. The minimum absolute atomic E-state index is 0. The number of aromatic hydroxyl groups is 1. The van der Waals surface area contributed by atoms with Crippen LogP contribution < -0.4 is 0 Å². The topological polar surface area (TPSA) is 59.2 Å². The number of phenolic OH excluding ortho intramolecular Hbond substituents is 1. The SMILES string of the molecule is CC(C)c1cccc(C(C)C)c1-c1cc(-c2[c-]c(-c3cc(-c4ccc(C(C)(C)C)cc4)cc4oc(-c5cc(C(C)(C)C)ccc5O)nc34)ccc2)c2nccc(C(C)(C)C)c2c1.[Pt]. The van der Waals surface area contributed by atoms with Gasteiger partial charge in [0.15, 0.2) is 0 Å². The standard InChI is InChI=1S/C58H61N2O2.Pt/c1-34(2)43-18-15-19-44(35(3)4)52(43)40-30-45(53-47(31-40)49(26-27-59-53)58(11,12)13)37-16-14-17-38(28-37)46-29-39(36-20-22-41(23-21-36)56(5,6)7)32-51-54(46)60-55(62-51)48-33-42(57(8,9)10)24-25-50(48)61;/h14-27,29-35,61H,1-13H3;/q-1;. The number of benzene rings is 6. The zero-order chi connectivity index (χ0) is 44.5. The Morgan fingerprint density at radius 1 is 0.556 bits per heavy atom. The molecule has 0 aliphatic heterocycles. The minimum atomic E-state index is -0.126. The van der Waals surface area contributed by atoms with E-state index in [-0.39, 0.29) is 43.1 Å². The Kier molecular flexibility index (Phi) is 12.3.